The number of benzene rings is 4. The van der Waals surface area contributed by atoms with Gasteiger partial charge in [-0.25, -0.2) is 0 Å². The molecule has 4 aromatic rings. The van der Waals surface area contributed by atoms with Gasteiger partial charge in [-0.15, -0.1) is 0 Å². The highest BCUT2D eigenvalue weighted by molar-refractivity contribution is 6.35. The Kier molecular flexibility index (Phi) is 11.5. The van der Waals surface area contributed by atoms with Crippen molar-refractivity contribution in [1.29, 1.82) is 0 Å². The standard InChI is InChI=1S/C37H34Cl3N3O5/c1-23-11-14-29(31(40)19-23)35(46)41-32(20-24-7-3-2-4-8-24)33(44)22-42(17-15-25-12-13-26(38)21-30(25)39)34(45)16-18-43-36(47)27-9-5-6-10-28(27)37(43)48/h2-14,19,21,32-33,44H,15-18,20,22H2,1H3,(H,41,46). The largest absolute Gasteiger partial charge is 0.389 e. The molecule has 248 valence electrons. The van der Waals surface area contributed by atoms with Gasteiger partial charge in [-0.05, 0) is 72.9 Å². The summed E-state index contributed by atoms with van der Waals surface area (Å²) in [5, 5.41) is 15.8. The van der Waals surface area contributed by atoms with Crippen LogP contribution >= 0.6 is 34.8 Å². The molecule has 0 aromatic heterocycles. The van der Waals surface area contributed by atoms with Gasteiger partial charge in [0.1, 0.15) is 0 Å². The van der Waals surface area contributed by atoms with Gasteiger partial charge in [-0.1, -0.05) is 89.4 Å². The van der Waals surface area contributed by atoms with Crippen LogP contribution in [0.5, 0.6) is 0 Å². The molecule has 5 rings (SSSR count). The van der Waals surface area contributed by atoms with E-state index in [-0.39, 0.29) is 49.0 Å². The van der Waals surface area contributed by atoms with Crippen molar-refractivity contribution in [2.75, 3.05) is 19.6 Å². The van der Waals surface area contributed by atoms with E-state index in [1.165, 1.54) is 4.90 Å². The smallest absolute Gasteiger partial charge is 0.261 e. The zero-order valence-electron chi connectivity index (χ0n) is 26.2. The molecular weight excluding hydrogens is 673 g/mol. The van der Waals surface area contributed by atoms with Crippen LogP contribution < -0.4 is 5.32 Å². The molecule has 0 saturated carbocycles. The summed E-state index contributed by atoms with van der Waals surface area (Å²) in [5.74, 6) is -1.76. The van der Waals surface area contributed by atoms with Gasteiger partial charge in [-0.3, -0.25) is 24.1 Å². The number of halogens is 3. The highest BCUT2D eigenvalue weighted by atomic mass is 35.5. The number of imide groups is 1. The van der Waals surface area contributed by atoms with Gasteiger partial charge in [0.2, 0.25) is 5.91 Å². The van der Waals surface area contributed by atoms with E-state index in [0.717, 1.165) is 21.6 Å². The zero-order chi connectivity index (χ0) is 34.4. The number of aryl methyl sites for hydroxylation is 1. The summed E-state index contributed by atoms with van der Waals surface area (Å²) in [6, 6.07) is 25.3. The topological polar surface area (TPSA) is 107 Å². The fraction of sp³-hybridized carbons (Fsp3) is 0.243. The monoisotopic (exact) mass is 705 g/mol. The number of nitrogens with zero attached hydrogens (tertiary/aromatic N) is 2. The van der Waals surface area contributed by atoms with E-state index in [1.54, 1.807) is 60.7 Å². The number of carbonyl (C=O) groups excluding carboxylic acids is 4. The first-order chi connectivity index (χ1) is 23.0. The van der Waals surface area contributed by atoms with E-state index >= 15 is 0 Å². The number of carbonyl (C=O) groups is 4. The maximum Gasteiger partial charge on any atom is 0.261 e. The van der Waals surface area contributed by atoms with E-state index < -0.39 is 29.9 Å². The normalized spacial score (nSPS) is 13.6. The van der Waals surface area contributed by atoms with Crippen LogP contribution in [0.3, 0.4) is 0 Å². The molecule has 48 heavy (non-hydrogen) atoms. The number of aliphatic hydroxyl groups is 1. The van der Waals surface area contributed by atoms with Crippen LogP contribution in [0.15, 0.2) is 91.0 Å². The third kappa shape index (κ3) is 8.44. The van der Waals surface area contributed by atoms with Crippen LogP contribution in [0, 0.1) is 6.92 Å². The van der Waals surface area contributed by atoms with Crippen molar-refractivity contribution in [1.82, 2.24) is 15.1 Å². The Morgan fingerprint density at radius 1 is 0.854 bits per heavy atom. The minimum absolute atomic E-state index is 0.129. The fourth-order valence-corrected chi connectivity index (χ4v) is 6.48. The molecule has 0 fully saturated rings. The molecule has 4 amide bonds. The lowest BCUT2D eigenvalue weighted by Crippen LogP contribution is -2.51. The van der Waals surface area contributed by atoms with Gasteiger partial charge in [0.25, 0.3) is 17.7 Å². The Morgan fingerprint density at radius 2 is 1.52 bits per heavy atom. The Bertz CT molecular complexity index is 1800. The summed E-state index contributed by atoms with van der Waals surface area (Å²) in [6.45, 7) is 1.75. The molecule has 1 heterocycles. The lowest BCUT2D eigenvalue weighted by atomic mass is 9.99. The number of nitrogens with one attached hydrogen (secondary N) is 1. The molecular formula is C37H34Cl3N3O5. The van der Waals surface area contributed by atoms with E-state index in [2.05, 4.69) is 5.32 Å². The van der Waals surface area contributed by atoms with Gasteiger partial charge in [0, 0.05) is 36.1 Å². The summed E-state index contributed by atoms with van der Waals surface area (Å²) in [7, 11) is 0. The third-order valence-corrected chi connectivity index (χ3v) is 9.20. The number of aliphatic hydroxyl groups excluding tert-OH is 1. The summed E-state index contributed by atoms with van der Waals surface area (Å²) < 4.78 is 0. The van der Waals surface area contributed by atoms with Crippen molar-refractivity contribution in [2.45, 2.75) is 38.3 Å². The number of rotatable bonds is 13. The minimum Gasteiger partial charge on any atom is -0.389 e. The second kappa shape index (κ2) is 15.8. The quantitative estimate of drug-likeness (QED) is 0.156. The summed E-state index contributed by atoms with van der Waals surface area (Å²) in [4.78, 5) is 55.6. The molecule has 2 N–H and O–H groups in total. The van der Waals surface area contributed by atoms with E-state index in [1.807, 2.05) is 37.3 Å². The molecule has 1 aliphatic rings. The summed E-state index contributed by atoms with van der Waals surface area (Å²) in [5.41, 5.74) is 3.37. The average Bonchev–Trinajstić information content (AvgIpc) is 3.30. The first-order valence-corrected chi connectivity index (χ1v) is 16.6. The molecule has 0 spiro atoms. The van der Waals surface area contributed by atoms with Crippen molar-refractivity contribution in [3.63, 3.8) is 0 Å². The van der Waals surface area contributed by atoms with Crippen LogP contribution in [-0.4, -0.2) is 70.3 Å². The van der Waals surface area contributed by atoms with Crippen molar-refractivity contribution < 1.29 is 24.3 Å². The van der Waals surface area contributed by atoms with Crippen LogP contribution in [0.2, 0.25) is 15.1 Å². The van der Waals surface area contributed by atoms with Crippen LogP contribution in [-0.2, 0) is 17.6 Å². The first kappa shape index (κ1) is 35.1. The second-order valence-electron chi connectivity index (χ2n) is 11.7. The number of hydrogen-bond donors (Lipinski definition) is 2. The highest BCUT2D eigenvalue weighted by Gasteiger charge is 2.35. The molecule has 8 nitrogen and oxygen atoms in total. The van der Waals surface area contributed by atoms with Gasteiger partial charge in [-0.2, -0.15) is 0 Å². The Morgan fingerprint density at radius 3 is 2.17 bits per heavy atom. The maximum absolute atomic E-state index is 13.8. The number of amides is 4. The minimum atomic E-state index is -1.21. The molecule has 2 atom stereocenters. The molecule has 4 aromatic carbocycles. The van der Waals surface area contributed by atoms with E-state index in [9.17, 15) is 24.3 Å². The highest BCUT2D eigenvalue weighted by Crippen LogP contribution is 2.24. The number of hydrogen-bond acceptors (Lipinski definition) is 5. The third-order valence-electron chi connectivity index (χ3n) is 8.30. The Hall–Kier alpha value is -4.21. The van der Waals surface area contributed by atoms with Gasteiger partial charge >= 0.3 is 0 Å². The van der Waals surface area contributed by atoms with Crippen LogP contribution in [0.4, 0.5) is 0 Å². The van der Waals surface area contributed by atoms with Crippen molar-refractivity contribution in [3.05, 3.63) is 139 Å². The molecule has 1 aliphatic heterocycles. The lowest BCUT2D eigenvalue weighted by molar-refractivity contribution is -0.133. The molecule has 0 radical (unpaired) electrons. The second-order valence-corrected chi connectivity index (χ2v) is 13.0. The van der Waals surface area contributed by atoms with E-state index in [0.29, 0.717) is 27.6 Å². The van der Waals surface area contributed by atoms with Gasteiger partial charge in [0.05, 0.1) is 33.9 Å². The Balaban J connectivity index is 1.36. The maximum atomic E-state index is 13.8. The summed E-state index contributed by atoms with van der Waals surface area (Å²) in [6.07, 6.45) is -0.753. The molecule has 0 saturated heterocycles. The first-order valence-electron chi connectivity index (χ1n) is 15.5. The average molecular weight is 707 g/mol. The van der Waals surface area contributed by atoms with Crippen LogP contribution in [0.25, 0.3) is 0 Å². The molecule has 2 unspecified atom stereocenters. The van der Waals surface area contributed by atoms with Crippen molar-refractivity contribution in [3.8, 4) is 0 Å². The predicted molar refractivity (Wildman–Crippen MR) is 187 cm³/mol. The van der Waals surface area contributed by atoms with Gasteiger partial charge < -0.3 is 15.3 Å². The van der Waals surface area contributed by atoms with Crippen molar-refractivity contribution in [2.24, 2.45) is 0 Å². The lowest BCUT2D eigenvalue weighted by Gasteiger charge is -2.31. The Labute approximate surface area is 294 Å². The zero-order valence-corrected chi connectivity index (χ0v) is 28.4. The SMILES string of the molecule is Cc1ccc(C(=O)NC(Cc2ccccc2)C(O)CN(CCc2ccc(Cl)cc2Cl)C(=O)CCN2C(=O)c3ccccc3C2=O)c(Cl)c1. The van der Waals surface area contributed by atoms with E-state index in [4.69, 9.17) is 34.8 Å². The fourth-order valence-electron chi connectivity index (χ4n) is 5.66. The van der Waals surface area contributed by atoms with Crippen LogP contribution in [0.1, 0.15) is 54.2 Å². The van der Waals surface area contributed by atoms with Crippen molar-refractivity contribution >= 4 is 58.4 Å². The predicted octanol–water partition coefficient (Wildman–Crippen LogP) is 6.41. The molecule has 0 aliphatic carbocycles. The van der Waals surface area contributed by atoms with Gasteiger partial charge in [0.15, 0.2) is 0 Å². The molecule has 11 heteroatoms. The summed E-state index contributed by atoms with van der Waals surface area (Å²) >= 11 is 18.9. The molecule has 0 bridgehead atoms. The number of fused-ring (bicyclic) bond motifs is 1.